The first kappa shape index (κ1) is 18.5. The number of carboxylic acids is 1. The Hall–Kier alpha value is -1.54. The number of amides is 1. The number of aliphatic carboxylic acids is 1. The second kappa shape index (κ2) is 7.91. The zero-order chi connectivity index (χ0) is 15.8. The summed E-state index contributed by atoms with van der Waals surface area (Å²) in [5.74, 6) is 1.40. The first-order valence-corrected chi connectivity index (χ1v) is 7.12. The average molecular weight is 282 g/mol. The van der Waals surface area contributed by atoms with Crippen LogP contribution in [0, 0.1) is 12.3 Å². The van der Waals surface area contributed by atoms with E-state index >= 15 is 0 Å². The Morgan fingerprint density at radius 3 is 1.90 bits per heavy atom. The summed E-state index contributed by atoms with van der Waals surface area (Å²) in [4.78, 5) is 23.3. The minimum atomic E-state index is -1.06. The molecule has 0 rings (SSSR count). The van der Waals surface area contributed by atoms with E-state index in [0.717, 1.165) is 0 Å². The van der Waals surface area contributed by atoms with Crippen molar-refractivity contribution in [2.75, 3.05) is 6.54 Å². The lowest BCUT2D eigenvalue weighted by molar-refractivity contribution is -0.145. The summed E-state index contributed by atoms with van der Waals surface area (Å²) >= 11 is 0. The maximum atomic E-state index is 12.0. The van der Waals surface area contributed by atoms with Gasteiger partial charge >= 0.3 is 5.97 Å². The Balaban J connectivity index is 4.71. The predicted octanol–water partition coefficient (Wildman–Crippen LogP) is 1.53. The molecule has 0 aliphatic heterocycles. The molecule has 20 heavy (non-hydrogen) atoms. The summed E-state index contributed by atoms with van der Waals surface area (Å²) in [5.41, 5.74) is -1.71. The fraction of sp³-hybridized carbons (Fsp3) is 0.733. The van der Waals surface area contributed by atoms with Crippen molar-refractivity contribution in [3.8, 4) is 12.3 Å². The Morgan fingerprint density at radius 2 is 1.60 bits per heavy atom. The largest absolute Gasteiger partial charge is 0.480 e. The van der Waals surface area contributed by atoms with Crippen LogP contribution >= 0.6 is 0 Å². The van der Waals surface area contributed by atoms with Gasteiger partial charge in [0, 0.05) is 0 Å². The van der Waals surface area contributed by atoms with Gasteiger partial charge in [0.05, 0.1) is 6.54 Å². The molecule has 0 radical (unpaired) electrons. The van der Waals surface area contributed by atoms with Crippen LogP contribution < -0.4 is 10.6 Å². The predicted molar refractivity (Wildman–Crippen MR) is 79.2 cm³/mol. The lowest BCUT2D eigenvalue weighted by Gasteiger charge is -2.30. The molecule has 0 aliphatic rings. The van der Waals surface area contributed by atoms with E-state index in [2.05, 4.69) is 16.6 Å². The van der Waals surface area contributed by atoms with Crippen molar-refractivity contribution in [3.05, 3.63) is 0 Å². The fourth-order valence-electron chi connectivity index (χ4n) is 2.11. The van der Waals surface area contributed by atoms with Gasteiger partial charge in [-0.15, -0.1) is 6.42 Å². The number of nitrogens with one attached hydrogen (secondary N) is 2. The molecule has 0 aromatic rings. The maximum Gasteiger partial charge on any atom is 0.323 e. The van der Waals surface area contributed by atoms with E-state index in [-0.39, 0.29) is 12.5 Å². The van der Waals surface area contributed by atoms with Crippen molar-refractivity contribution in [1.29, 1.82) is 0 Å². The second-order valence-corrected chi connectivity index (χ2v) is 4.93. The van der Waals surface area contributed by atoms with E-state index in [1.54, 1.807) is 13.8 Å². The number of carboxylic acid groups (broad SMARTS) is 1. The highest BCUT2D eigenvalue weighted by Crippen LogP contribution is 2.16. The molecular formula is C15H26N2O3. The number of carbonyl (C=O) groups excluding carboxylic acids is 1. The van der Waals surface area contributed by atoms with Crippen molar-refractivity contribution in [1.82, 2.24) is 10.6 Å². The lowest BCUT2D eigenvalue weighted by Crippen LogP contribution is -2.56. The molecule has 0 bridgehead atoms. The zero-order valence-corrected chi connectivity index (χ0v) is 12.9. The Morgan fingerprint density at radius 1 is 1.10 bits per heavy atom. The molecule has 0 fully saturated rings. The summed E-state index contributed by atoms with van der Waals surface area (Å²) in [6.45, 7) is 7.34. The average Bonchev–Trinajstić information content (AvgIpc) is 2.46. The van der Waals surface area contributed by atoms with Crippen molar-refractivity contribution >= 4 is 11.9 Å². The van der Waals surface area contributed by atoms with E-state index in [4.69, 9.17) is 6.42 Å². The fourth-order valence-corrected chi connectivity index (χ4v) is 2.11. The van der Waals surface area contributed by atoms with E-state index in [1.807, 2.05) is 13.8 Å². The van der Waals surface area contributed by atoms with Crippen LogP contribution in [0.25, 0.3) is 0 Å². The van der Waals surface area contributed by atoms with Crippen LogP contribution in [0.5, 0.6) is 0 Å². The molecule has 5 nitrogen and oxygen atoms in total. The zero-order valence-electron chi connectivity index (χ0n) is 12.9. The molecule has 114 valence electrons. The van der Waals surface area contributed by atoms with Crippen molar-refractivity contribution in [2.45, 2.75) is 64.5 Å². The van der Waals surface area contributed by atoms with Gasteiger partial charge < -0.3 is 10.4 Å². The molecule has 5 heteroatoms. The number of terminal acetylenes is 1. The minimum Gasteiger partial charge on any atom is -0.480 e. The van der Waals surface area contributed by atoms with E-state index in [1.165, 1.54) is 0 Å². The second-order valence-electron chi connectivity index (χ2n) is 4.93. The minimum absolute atomic E-state index is 0.0581. The molecular weight excluding hydrogens is 256 g/mol. The third kappa shape index (κ3) is 4.24. The molecule has 0 aliphatic carbocycles. The maximum absolute atomic E-state index is 12.0. The molecule has 0 saturated heterocycles. The molecule has 0 heterocycles. The Labute approximate surface area is 121 Å². The number of hydrogen-bond acceptors (Lipinski definition) is 3. The van der Waals surface area contributed by atoms with Gasteiger partial charge in [-0.05, 0) is 25.7 Å². The highest BCUT2D eigenvalue weighted by Gasteiger charge is 2.35. The van der Waals surface area contributed by atoms with Crippen molar-refractivity contribution < 1.29 is 14.7 Å². The van der Waals surface area contributed by atoms with Gasteiger partial charge in [-0.25, -0.2) is 0 Å². The van der Waals surface area contributed by atoms with Gasteiger partial charge in [-0.1, -0.05) is 33.6 Å². The summed E-state index contributed by atoms with van der Waals surface area (Å²) in [6, 6.07) is 0. The summed E-state index contributed by atoms with van der Waals surface area (Å²) in [6.07, 6.45) is 7.57. The molecule has 0 atom stereocenters. The van der Waals surface area contributed by atoms with Gasteiger partial charge in [-0.3, -0.25) is 14.9 Å². The van der Waals surface area contributed by atoms with Crippen LogP contribution in [0.4, 0.5) is 0 Å². The summed E-state index contributed by atoms with van der Waals surface area (Å²) < 4.78 is 0. The third-order valence-corrected chi connectivity index (χ3v) is 4.07. The van der Waals surface area contributed by atoms with E-state index in [9.17, 15) is 14.7 Å². The van der Waals surface area contributed by atoms with Crippen LogP contribution in [0.2, 0.25) is 0 Å². The highest BCUT2D eigenvalue weighted by atomic mass is 16.4. The number of hydrogen-bond donors (Lipinski definition) is 3. The van der Waals surface area contributed by atoms with Crippen LogP contribution in [0.15, 0.2) is 0 Å². The number of rotatable bonds is 9. The molecule has 0 aromatic carbocycles. The molecule has 0 saturated carbocycles. The monoisotopic (exact) mass is 282 g/mol. The van der Waals surface area contributed by atoms with Crippen molar-refractivity contribution in [3.63, 3.8) is 0 Å². The smallest absolute Gasteiger partial charge is 0.323 e. The van der Waals surface area contributed by atoms with Crippen LogP contribution in [-0.4, -0.2) is 34.6 Å². The SMILES string of the molecule is C#CC(CC)(CC)NC(=O)CNC(CC)(CC)C(=O)O. The first-order valence-electron chi connectivity index (χ1n) is 7.12. The first-order chi connectivity index (χ1) is 9.35. The molecule has 0 unspecified atom stereocenters. The molecule has 3 N–H and O–H groups in total. The van der Waals surface area contributed by atoms with Gasteiger partial charge in [0.2, 0.25) is 5.91 Å². The van der Waals surface area contributed by atoms with E-state index in [0.29, 0.717) is 25.7 Å². The quantitative estimate of drug-likeness (QED) is 0.560. The number of carbonyl (C=O) groups is 2. The molecule has 1 amide bonds. The van der Waals surface area contributed by atoms with Gasteiger partial charge in [0.1, 0.15) is 11.1 Å². The van der Waals surface area contributed by atoms with Crippen LogP contribution in [-0.2, 0) is 9.59 Å². The van der Waals surface area contributed by atoms with Gasteiger partial charge in [-0.2, -0.15) is 0 Å². The molecule has 0 aromatic heterocycles. The topological polar surface area (TPSA) is 78.4 Å². The third-order valence-electron chi connectivity index (χ3n) is 4.07. The molecule has 0 spiro atoms. The van der Waals surface area contributed by atoms with Crippen molar-refractivity contribution in [2.24, 2.45) is 0 Å². The van der Waals surface area contributed by atoms with Crippen LogP contribution in [0.1, 0.15) is 53.4 Å². The van der Waals surface area contributed by atoms with E-state index < -0.39 is 17.0 Å². The standard InChI is InChI=1S/C15H26N2O3/c1-6-14(7-2,8-3)17-12(18)11-16-15(9-4,10-5)13(19)20/h1,16H,7-11H2,2-5H3,(H,17,18)(H,19,20). The normalized spacial score (nSPS) is 11.8. The lowest BCUT2D eigenvalue weighted by atomic mass is 9.92. The van der Waals surface area contributed by atoms with Gasteiger partial charge in [0.25, 0.3) is 0 Å². The van der Waals surface area contributed by atoms with Crippen LogP contribution in [0.3, 0.4) is 0 Å². The Bertz CT molecular complexity index is 377. The summed E-state index contributed by atoms with van der Waals surface area (Å²) in [5, 5.41) is 14.9. The van der Waals surface area contributed by atoms with Gasteiger partial charge in [0.15, 0.2) is 0 Å². The summed E-state index contributed by atoms with van der Waals surface area (Å²) in [7, 11) is 0. The Kier molecular flexibility index (Phi) is 7.30. The highest BCUT2D eigenvalue weighted by molar-refractivity contribution is 5.82.